The number of hydrogen-bond donors (Lipinski definition) is 2. The standard InChI is InChI=1S/C22H26FN5O3/c1-13-8-10-22(11-9-13)20(30)28(21(31)24-22)26-19(29)12-16-14(2)25-27(15(16)3)18-7-5-4-6-17(18)23/h4-7,13H,8-12H2,1-3H3,(H,24,31)(H,26,29). The summed E-state index contributed by atoms with van der Waals surface area (Å²) >= 11 is 0. The summed E-state index contributed by atoms with van der Waals surface area (Å²) in [6.07, 6.45) is 2.74. The molecule has 1 aliphatic heterocycles. The molecule has 2 fully saturated rings. The maximum atomic E-state index is 14.2. The monoisotopic (exact) mass is 427 g/mol. The Bertz CT molecular complexity index is 1060. The van der Waals surface area contributed by atoms with Gasteiger partial charge >= 0.3 is 6.03 Å². The second-order valence-corrected chi connectivity index (χ2v) is 8.56. The zero-order valence-corrected chi connectivity index (χ0v) is 17.9. The first-order valence-corrected chi connectivity index (χ1v) is 10.5. The maximum absolute atomic E-state index is 14.2. The molecule has 1 saturated carbocycles. The second kappa shape index (κ2) is 7.79. The van der Waals surface area contributed by atoms with Crippen LogP contribution in [0.3, 0.4) is 0 Å². The summed E-state index contributed by atoms with van der Waals surface area (Å²) in [6, 6.07) is 5.65. The molecule has 4 amide bonds. The number of benzene rings is 1. The quantitative estimate of drug-likeness (QED) is 0.734. The van der Waals surface area contributed by atoms with Crippen LogP contribution in [0.5, 0.6) is 0 Å². The van der Waals surface area contributed by atoms with E-state index in [0.717, 1.165) is 17.9 Å². The predicted octanol–water partition coefficient (Wildman–Crippen LogP) is 2.70. The van der Waals surface area contributed by atoms with Gasteiger partial charge in [-0.3, -0.25) is 15.0 Å². The molecule has 2 N–H and O–H groups in total. The molecule has 0 bridgehead atoms. The first-order valence-electron chi connectivity index (χ1n) is 10.5. The smallest absolute Gasteiger partial charge is 0.322 e. The number of aryl methyl sites for hydroxylation is 1. The van der Waals surface area contributed by atoms with Gasteiger partial charge in [-0.2, -0.15) is 10.1 Å². The number of halogens is 1. The van der Waals surface area contributed by atoms with E-state index in [0.29, 0.717) is 35.7 Å². The van der Waals surface area contributed by atoms with Crippen LogP contribution in [0.15, 0.2) is 24.3 Å². The van der Waals surface area contributed by atoms with Gasteiger partial charge in [0.15, 0.2) is 0 Å². The van der Waals surface area contributed by atoms with Gasteiger partial charge in [-0.1, -0.05) is 19.1 Å². The number of hydrazine groups is 1. The van der Waals surface area contributed by atoms with Crippen LogP contribution in [0.2, 0.25) is 0 Å². The number of para-hydroxylation sites is 1. The fraction of sp³-hybridized carbons (Fsp3) is 0.455. The molecule has 1 saturated heterocycles. The van der Waals surface area contributed by atoms with Crippen LogP contribution in [0.4, 0.5) is 9.18 Å². The SMILES string of the molecule is Cc1nn(-c2ccccc2F)c(C)c1CC(=O)NN1C(=O)NC2(CCC(C)CC2)C1=O. The number of carbonyl (C=O) groups is 3. The summed E-state index contributed by atoms with van der Waals surface area (Å²) in [4.78, 5) is 38.0. The predicted molar refractivity (Wildman–Crippen MR) is 111 cm³/mol. The Morgan fingerprint density at radius 2 is 1.94 bits per heavy atom. The number of aromatic nitrogens is 2. The van der Waals surface area contributed by atoms with Gasteiger partial charge in [-0.25, -0.2) is 13.9 Å². The summed E-state index contributed by atoms with van der Waals surface area (Å²) in [6.45, 7) is 5.61. The molecule has 0 unspecified atom stereocenters. The third-order valence-corrected chi connectivity index (χ3v) is 6.39. The summed E-state index contributed by atoms with van der Waals surface area (Å²) < 4.78 is 15.6. The van der Waals surface area contributed by atoms with Crippen LogP contribution < -0.4 is 10.7 Å². The third kappa shape index (κ3) is 3.68. The van der Waals surface area contributed by atoms with Crippen molar-refractivity contribution in [3.05, 3.63) is 47.0 Å². The van der Waals surface area contributed by atoms with Crippen LogP contribution in [-0.2, 0) is 16.0 Å². The van der Waals surface area contributed by atoms with Gasteiger partial charge in [-0.15, -0.1) is 0 Å². The highest BCUT2D eigenvalue weighted by Gasteiger charge is 2.52. The number of urea groups is 1. The van der Waals surface area contributed by atoms with Crippen LogP contribution in [0.1, 0.15) is 49.6 Å². The minimum atomic E-state index is -0.918. The van der Waals surface area contributed by atoms with E-state index in [1.165, 1.54) is 10.7 Å². The van der Waals surface area contributed by atoms with Gasteiger partial charge in [0.25, 0.3) is 5.91 Å². The molecular weight excluding hydrogens is 401 g/mol. The normalized spacial score (nSPS) is 23.4. The molecule has 9 heteroatoms. The molecule has 8 nitrogen and oxygen atoms in total. The molecule has 1 aromatic carbocycles. The highest BCUT2D eigenvalue weighted by Crippen LogP contribution is 2.35. The highest BCUT2D eigenvalue weighted by atomic mass is 19.1. The van der Waals surface area contributed by atoms with Gasteiger partial charge < -0.3 is 5.32 Å². The Kier molecular flexibility index (Phi) is 5.28. The van der Waals surface area contributed by atoms with Crippen molar-refractivity contribution >= 4 is 17.8 Å². The van der Waals surface area contributed by atoms with E-state index in [-0.39, 0.29) is 12.1 Å². The Hall–Kier alpha value is -3.23. The lowest BCUT2D eigenvalue weighted by Gasteiger charge is -2.33. The lowest BCUT2D eigenvalue weighted by atomic mass is 9.77. The number of amides is 4. The van der Waals surface area contributed by atoms with Crippen molar-refractivity contribution in [1.29, 1.82) is 0 Å². The van der Waals surface area contributed by atoms with E-state index in [1.54, 1.807) is 32.0 Å². The van der Waals surface area contributed by atoms with E-state index in [2.05, 4.69) is 22.8 Å². The summed E-state index contributed by atoms with van der Waals surface area (Å²) in [5.74, 6) is -0.830. The van der Waals surface area contributed by atoms with Gasteiger partial charge in [0.2, 0.25) is 5.91 Å². The van der Waals surface area contributed by atoms with E-state index in [4.69, 9.17) is 0 Å². The first kappa shape index (κ1) is 21.0. The maximum Gasteiger partial charge on any atom is 0.344 e. The highest BCUT2D eigenvalue weighted by molar-refractivity contribution is 6.08. The average Bonchev–Trinajstić information content (AvgIpc) is 3.13. The number of nitrogens with zero attached hydrogens (tertiary/aromatic N) is 3. The molecule has 1 spiro atoms. The number of carbonyl (C=O) groups excluding carboxylic acids is 3. The zero-order valence-electron chi connectivity index (χ0n) is 17.9. The lowest BCUT2D eigenvalue weighted by Crippen LogP contribution is -2.51. The molecule has 1 aromatic heterocycles. The Labute approximate surface area is 179 Å². The van der Waals surface area contributed by atoms with E-state index in [1.807, 2.05) is 0 Å². The van der Waals surface area contributed by atoms with Crippen molar-refractivity contribution in [2.45, 2.75) is 58.4 Å². The number of nitrogens with one attached hydrogen (secondary N) is 2. The van der Waals surface area contributed by atoms with Crippen molar-refractivity contribution < 1.29 is 18.8 Å². The van der Waals surface area contributed by atoms with Gasteiger partial charge in [0, 0.05) is 11.3 Å². The van der Waals surface area contributed by atoms with Crippen molar-refractivity contribution in [1.82, 2.24) is 25.5 Å². The van der Waals surface area contributed by atoms with Crippen molar-refractivity contribution in [2.75, 3.05) is 0 Å². The molecule has 31 heavy (non-hydrogen) atoms. The summed E-state index contributed by atoms with van der Waals surface area (Å²) in [5.41, 5.74) is 3.63. The van der Waals surface area contributed by atoms with Gasteiger partial charge in [0.05, 0.1) is 12.1 Å². The molecule has 0 atom stereocenters. The summed E-state index contributed by atoms with van der Waals surface area (Å²) in [7, 11) is 0. The molecule has 0 radical (unpaired) electrons. The fourth-order valence-corrected chi connectivity index (χ4v) is 4.43. The van der Waals surface area contributed by atoms with Crippen molar-refractivity contribution in [2.24, 2.45) is 5.92 Å². The molecule has 2 heterocycles. The largest absolute Gasteiger partial charge is 0.344 e. The summed E-state index contributed by atoms with van der Waals surface area (Å²) in [5, 5.41) is 7.94. The Balaban J connectivity index is 1.49. The Morgan fingerprint density at radius 3 is 2.61 bits per heavy atom. The van der Waals surface area contributed by atoms with E-state index < -0.39 is 29.2 Å². The number of rotatable bonds is 4. The van der Waals surface area contributed by atoms with E-state index in [9.17, 15) is 18.8 Å². The molecular formula is C22H26FN5O3. The minimum Gasteiger partial charge on any atom is -0.322 e. The van der Waals surface area contributed by atoms with Gasteiger partial charge in [0.1, 0.15) is 17.0 Å². The molecule has 164 valence electrons. The topological polar surface area (TPSA) is 96.3 Å². The number of hydrogen-bond acceptors (Lipinski definition) is 4. The van der Waals surface area contributed by atoms with Crippen molar-refractivity contribution in [3.8, 4) is 5.69 Å². The second-order valence-electron chi connectivity index (χ2n) is 8.56. The van der Waals surface area contributed by atoms with Crippen molar-refractivity contribution in [3.63, 3.8) is 0 Å². The fourth-order valence-electron chi connectivity index (χ4n) is 4.43. The number of imide groups is 1. The first-order chi connectivity index (χ1) is 14.7. The molecule has 2 aromatic rings. The minimum absolute atomic E-state index is 0.0901. The van der Waals surface area contributed by atoms with E-state index >= 15 is 0 Å². The molecule has 2 aliphatic rings. The molecule has 4 rings (SSSR count). The zero-order chi connectivity index (χ0) is 22.3. The van der Waals surface area contributed by atoms with Crippen LogP contribution in [-0.4, -0.2) is 38.2 Å². The average molecular weight is 427 g/mol. The van der Waals surface area contributed by atoms with Crippen LogP contribution >= 0.6 is 0 Å². The Morgan fingerprint density at radius 1 is 1.26 bits per heavy atom. The third-order valence-electron chi connectivity index (χ3n) is 6.39. The van der Waals surface area contributed by atoms with Crippen LogP contribution in [0, 0.1) is 25.6 Å². The van der Waals surface area contributed by atoms with Crippen LogP contribution in [0.25, 0.3) is 5.69 Å². The lowest BCUT2D eigenvalue weighted by molar-refractivity contribution is -0.139. The molecule has 1 aliphatic carbocycles. The van der Waals surface area contributed by atoms with Gasteiger partial charge in [-0.05, 0) is 57.6 Å².